The molecule has 1 aromatic carbocycles. The molecule has 0 radical (unpaired) electrons. The number of carboxylic acid groups (broad SMARTS) is 1. The number of carbonyl (C=O) groups is 1. The number of aliphatic carboxylic acids is 1. The summed E-state index contributed by atoms with van der Waals surface area (Å²) < 4.78 is 0. The molecule has 0 aromatic heterocycles. The van der Waals surface area contributed by atoms with Crippen LogP contribution in [0.15, 0.2) is 24.3 Å². The predicted molar refractivity (Wildman–Crippen MR) is 79.5 cm³/mol. The van der Waals surface area contributed by atoms with Crippen LogP contribution >= 0.6 is 0 Å². The Bertz CT molecular complexity index is 523. The third-order valence-corrected chi connectivity index (χ3v) is 4.14. The first-order valence-electron chi connectivity index (χ1n) is 7.35. The zero-order valence-electron chi connectivity index (χ0n) is 12.2. The van der Waals surface area contributed by atoms with Gasteiger partial charge < -0.3 is 15.1 Å². The minimum absolute atomic E-state index is 0.00620. The van der Waals surface area contributed by atoms with Crippen molar-refractivity contribution in [3.05, 3.63) is 39.9 Å². The van der Waals surface area contributed by atoms with E-state index in [1.165, 1.54) is 12.1 Å². The fraction of sp³-hybridized carbons (Fsp3) is 0.533. The lowest BCUT2D eigenvalue weighted by atomic mass is 9.96. The molecule has 120 valence electrons. The minimum atomic E-state index is -0.731. The molecule has 1 saturated heterocycles. The summed E-state index contributed by atoms with van der Waals surface area (Å²) in [6.07, 6.45) is 1.14. The number of hydrogen-bond donors (Lipinski definition) is 2. The number of hydrogen-bond acceptors (Lipinski definition) is 5. The van der Waals surface area contributed by atoms with Crippen LogP contribution in [-0.2, 0) is 4.79 Å². The summed E-state index contributed by atoms with van der Waals surface area (Å²) in [5.41, 5.74) is 0.665. The van der Waals surface area contributed by atoms with Gasteiger partial charge in [0.1, 0.15) is 0 Å². The highest BCUT2D eigenvalue weighted by atomic mass is 16.6. The maximum Gasteiger partial charge on any atom is 0.306 e. The summed E-state index contributed by atoms with van der Waals surface area (Å²) in [6, 6.07) is 5.91. The normalized spacial score (nSPS) is 18.0. The molecule has 1 atom stereocenters. The number of carboxylic acids is 1. The second-order valence-corrected chi connectivity index (χ2v) is 5.61. The Balaban J connectivity index is 1.79. The summed E-state index contributed by atoms with van der Waals surface area (Å²) in [5.74, 6) is -0.985. The number of nitrogens with zero attached hydrogens (tertiary/aromatic N) is 2. The van der Waals surface area contributed by atoms with Gasteiger partial charge >= 0.3 is 5.97 Å². The zero-order valence-corrected chi connectivity index (χ0v) is 12.2. The minimum Gasteiger partial charge on any atom is -0.481 e. The lowest BCUT2D eigenvalue weighted by Gasteiger charge is -2.30. The van der Waals surface area contributed by atoms with Crippen LogP contribution in [0, 0.1) is 16.0 Å². The quantitative estimate of drug-likeness (QED) is 0.613. The number of benzene rings is 1. The highest BCUT2D eigenvalue weighted by molar-refractivity contribution is 5.70. The Morgan fingerprint density at radius 3 is 2.41 bits per heavy atom. The van der Waals surface area contributed by atoms with Gasteiger partial charge in [-0.05, 0) is 50.0 Å². The molecule has 1 aliphatic rings. The molecule has 7 heteroatoms. The number of nitro groups is 1. The number of aliphatic hydroxyl groups is 1. The largest absolute Gasteiger partial charge is 0.481 e. The first kappa shape index (κ1) is 16.4. The van der Waals surface area contributed by atoms with E-state index in [4.69, 9.17) is 5.11 Å². The third-order valence-electron chi connectivity index (χ3n) is 4.14. The molecule has 1 aliphatic heterocycles. The molecule has 0 aliphatic carbocycles. The van der Waals surface area contributed by atoms with Crippen molar-refractivity contribution in [3.8, 4) is 0 Å². The number of non-ortho nitro benzene ring substituents is 1. The van der Waals surface area contributed by atoms with Crippen LogP contribution in [0.3, 0.4) is 0 Å². The molecule has 0 spiro atoms. The van der Waals surface area contributed by atoms with E-state index < -0.39 is 17.0 Å². The van der Waals surface area contributed by atoms with E-state index in [1.54, 1.807) is 12.1 Å². The highest BCUT2D eigenvalue weighted by Crippen LogP contribution is 2.22. The zero-order chi connectivity index (χ0) is 16.1. The average molecular weight is 308 g/mol. The molecule has 7 nitrogen and oxygen atoms in total. The van der Waals surface area contributed by atoms with E-state index in [0.717, 1.165) is 13.1 Å². The van der Waals surface area contributed by atoms with Crippen molar-refractivity contribution in [2.45, 2.75) is 25.4 Å². The Kier molecular flexibility index (Phi) is 5.46. The maximum absolute atomic E-state index is 10.9. The Morgan fingerprint density at radius 2 is 1.91 bits per heavy atom. The molecule has 0 bridgehead atoms. The van der Waals surface area contributed by atoms with Crippen molar-refractivity contribution in [3.63, 3.8) is 0 Å². The second-order valence-electron chi connectivity index (χ2n) is 5.61. The summed E-state index contributed by atoms with van der Waals surface area (Å²) >= 11 is 0. The first-order chi connectivity index (χ1) is 10.5. The molecule has 2 rings (SSSR count). The Labute approximate surface area is 128 Å². The summed E-state index contributed by atoms with van der Waals surface area (Å²) in [4.78, 5) is 23.1. The third kappa shape index (κ3) is 4.25. The summed E-state index contributed by atoms with van der Waals surface area (Å²) in [6.45, 7) is 2.14. The number of rotatable bonds is 6. The van der Waals surface area contributed by atoms with Gasteiger partial charge in [-0.15, -0.1) is 0 Å². The van der Waals surface area contributed by atoms with Crippen molar-refractivity contribution in [1.29, 1.82) is 0 Å². The fourth-order valence-corrected chi connectivity index (χ4v) is 2.69. The summed E-state index contributed by atoms with van der Waals surface area (Å²) in [5, 5.41) is 29.7. The smallest absolute Gasteiger partial charge is 0.306 e. The molecule has 22 heavy (non-hydrogen) atoms. The highest BCUT2D eigenvalue weighted by Gasteiger charge is 2.24. The number of piperidine rings is 1. The van der Waals surface area contributed by atoms with Gasteiger partial charge in [-0.1, -0.05) is 0 Å². The molecule has 0 saturated carbocycles. The second kappa shape index (κ2) is 7.33. The van der Waals surface area contributed by atoms with E-state index in [1.807, 2.05) is 0 Å². The van der Waals surface area contributed by atoms with Gasteiger partial charge in [0.05, 0.1) is 16.9 Å². The molecular weight excluding hydrogens is 288 g/mol. The van der Waals surface area contributed by atoms with Crippen LogP contribution in [0.5, 0.6) is 0 Å². The van der Waals surface area contributed by atoms with Crippen LogP contribution in [0.2, 0.25) is 0 Å². The molecular formula is C15H20N2O5. The lowest BCUT2D eigenvalue weighted by Crippen LogP contribution is -2.37. The van der Waals surface area contributed by atoms with Crippen molar-refractivity contribution in [2.24, 2.45) is 5.92 Å². The number of aliphatic hydroxyl groups excluding tert-OH is 1. The molecule has 2 N–H and O–H groups in total. The fourth-order valence-electron chi connectivity index (χ4n) is 2.69. The average Bonchev–Trinajstić information content (AvgIpc) is 2.53. The van der Waals surface area contributed by atoms with Gasteiger partial charge in [0.15, 0.2) is 0 Å². The van der Waals surface area contributed by atoms with Crippen LogP contribution in [0.25, 0.3) is 0 Å². The lowest BCUT2D eigenvalue weighted by molar-refractivity contribution is -0.384. The monoisotopic (exact) mass is 308 g/mol. The Morgan fingerprint density at radius 1 is 1.32 bits per heavy atom. The van der Waals surface area contributed by atoms with E-state index in [0.29, 0.717) is 31.4 Å². The van der Waals surface area contributed by atoms with Gasteiger partial charge in [0.25, 0.3) is 5.69 Å². The van der Waals surface area contributed by atoms with Crippen molar-refractivity contribution < 1.29 is 19.9 Å². The first-order valence-corrected chi connectivity index (χ1v) is 7.35. The molecule has 1 unspecified atom stereocenters. The predicted octanol–water partition coefficient (Wildman–Crippen LogP) is 1.81. The van der Waals surface area contributed by atoms with Crippen LogP contribution in [-0.4, -0.2) is 45.6 Å². The van der Waals surface area contributed by atoms with Gasteiger partial charge in [0, 0.05) is 18.7 Å². The van der Waals surface area contributed by atoms with Crippen molar-refractivity contribution in [1.82, 2.24) is 4.90 Å². The van der Waals surface area contributed by atoms with E-state index in [-0.39, 0.29) is 11.6 Å². The van der Waals surface area contributed by atoms with E-state index in [2.05, 4.69) is 4.90 Å². The van der Waals surface area contributed by atoms with Gasteiger partial charge in [-0.25, -0.2) is 0 Å². The van der Waals surface area contributed by atoms with E-state index >= 15 is 0 Å². The SMILES string of the molecule is O=C(O)C1CCN(CCC(O)c2ccc([N+](=O)[O-])cc2)CC1. The van der Waals surface area contributed by atoms with Crippen LogP contribution in [0.1, 0.15) is 30.9 Å². The Hall–Kier alpha value is -1.99. The summed E-state index contributed by atoms with van der Waals surface area (Å²) in [7, 11) is 0. The van der Waals surface area contributed by atoms with Gasteiger partial charge in [-0.3, -0.25) is 14.9 Å². The number of likely N-dealkylation sites (tertiary alicyclic amines) is 1. The van der Waals surface area contributed by atoms with Crippen LogP contribution in [0.4, 0.5) is 5.69 Å². The standard InChI is InChI=1S/C15H20N2O5/c18-14(11-1-3-13(4-2-11)17(21)22)7-10-16-8-5-12(6-9-16)15(19)20/h1-4,12,14,18H,5-10H2,(H,19,20). The topological polar surface area (TPSA) is 104 Å². The number of nitro benzene ring substituents is 1. The molecule has 1 heterocycles. The van der Waals surface area contributed by atoms with Gasteiger partial charge in [-0.2, -0.15) is 0 Å². The molecule has 1 fully saturated rings. The van der Waals surface area contributed by atoms with Crippen LogP contribution < -0.4 is 0 Å². The molecule has 1 aromatic rings. The van der Waals surface area contributed by atoms with Crippen molar-refractivity contribution >= 4 is 11.7 Å². The van der Waals surface area contributed by atoms with Gasteiger partial charge in [0.2, 0.25) is 0 Å². The van der Waals surface area contributed by atoms with Crippen molar-refractivity contribution in [2.75, 3.05) is 19.6 Å². The molecule has 0 amide bonds. The maximum atomic E-state index is 10.9. The van der Waals surface area contributed by atoms with E-state index in [9.17, 15) is 20.0 Å².